The van der Waals surface area contributed by atoms with E-state index in [-0.39, 0.29) is 5.91 Å². The molecule has 4 nitrogen and oxygen atoms in total. The Kier molecular flexibility index (Phi) is 4.64. The molecule has 0 saturated carbocycles. The maximum absolute atomic E-state index is 11.5. The van der Waals surface area contributed by atoms with E-state index in [1.807, 2.05) is 31.2 Å². The van der Waals surface area contributed by atoms with Crippen LogP contribution in [0, 0.1) is 0 Å². The van der Waals surface area contributed by atoms with Crippen LogP contribution in [-0.4, -0.2) is 38.1 Å². The fourth-order valence-corrected chi connectivity index (χ4v) is 1.22. The van der Waals surface area contributed by atoms with Gasteiger partial charge in [0.1, 0.15) is 5.75 Å². The van der Waals surface area contributed by atoms with E-state index in [4.69, 9.17) is 4.74 Å². The Labute approximate surface area is 96.2 Å². The van der Waals surface area contributed by atoms with Crippen molar-refractivity contribution in [1.82, 2.24) is 4.90 Å². The summed E-state index contributed by atoms with van der Waals surface area (Å²) in [6.45, 7) is 2.97. The lowest BCUT2D eigenvalue weighted by molar-refractivity contribution is -0.127. The number of hydrogen-bond donors (Lipinski definition) is 1. The number of nitrogens with zero attached hydrogens (tertiary/aromatic N) is 1. The van der Waals surface area contributed by atoms with Gasteiger partial charge in [-0.1, -0.05) is 6.07 Å². The van der Waals surface area contributed by atoms with E-state index < -0.39 is 0 Å². The second-order valence-corrected chi connectivity index (χ2v) is 3.49. The number of carbonyl (C=O) groups excluding carboxylic acids is 1. The maximum Gasteiger partial charge on any atom is 0.241 e. The van der Waals surface area contributed by atoms with Crippen LogP contribution in [0.5, 0.6) is 5.75 Å². The number of nitrogens with one attached hydrogen (secondary N) is 1. The number of carbonyl (C=O) groups is 1. The molecule has 1 amide bonds. The summed E-state index contributed by atoms with van der Waals surface area (Å²) in [6.07, 6.45) is 0. The number of rotatable bonds is 5. The molecule has 0 heterocycles. The predicted octanol–water partition coefficient (Wildman–Crippen LogP) is 1.59. The number of likely N-dealkylation sites (N-methyl/N-ethyl adjacent to an activating group) is 1. The Morgan fingerprint density at radius 1 is 1.50 bits per heavy atom. The first-order valence-corrected chi connectivity index (χ1v) is 5.29. The highest BCUT2D eigenvalue weighted by atomic mass is 16.5. The van der Waals surface area contributed by atoms with Crippen LogP contribution in [-0.2, 0) is 4.79 Å². The Hall–Kier alpha value is -1.71. The van der Waals surface area contributed by atoms with Crippen LogP contribution >= 0.6 is 0 Å². The zero-order valence-electron chi connectivity index (χ0n) is 9.99. The molecule has 1 aromatic carbocycles. The van der Waals surface area contributed by atoms with Crippen LogP contribution in [0.4, 0.5) is 5.69 Å². The Balaban J connectivity index is 2.51. The summed E-state index contributed by atoms with van der Waals surface area (Å²) >= 11 is 0. The molecule has 0 saturated heterocycles. The third kappa shape index (κ3) is 3.46. The summed E-state index contributed by atoms with van der Waals surface area (Å²) in [7, 11) is 3.41. The van der Waals surface area contributed by atoms with Gasteiger partial charge in [-0.05, 0) is 19.1 Å². The van der Waals surface area contributed by atoms with E-state index in [0.29, 0.717) is 6.54 Å². The van der Waals surface area contributed by atoms with Crippen molar-refractivity contribution in [1.29, 1.82) is 0 Å². The predicted molar refractivity (Wildman–Crippen MR) is 64.8 cm³/mol. The molecule has 1 aromatic rings. The quantitative estimate of drug-likeness (QED) is 0.822. The molecule has 0 spiro atoms. The van der Waals surface area contributed by atoms with Crippen LogP contribution in [0.2, 0.25) is 0 Å². The van der Waals surface area contributed by atoms with E-state index in [0.717, 1.165) is 18.0 Å². The van der Waals surface area contributed by atoms with Crippen LogP contribution in [0.1, 0.15) is 6.92 Å². The lowest BCUT2D eigenvalue weighted by Crippen LogP contribution is -2.31. The number of ether oxygens (including phenoxy) is 1. The van der Waals surface area contributed by atoms with Gasteiger partial charge in [0.2, 0.25) is 5.91 Å². The molecular formula is C12H18N2O2. The van der Waals surface area contributed by atoms with Gasteiger partial charge >= 0.3 is 0 Å². The molecule has 88 valence electrons. The van der Waals surface area contributed by atoms with Gasteiger partial charge in [-0.3, -0.25) is 4.79 Å². The van der Waals surface area contributed by atoms with E-state index in [9.17, 15) is 4.79 Å². The summed E-state index contributed by atoms with van der Waals surface area (Å²) in [4.78, 5) is 13.2. The zero-order valence-corrected chi connectivity index (χ0v) is 9.99. The molecule has 0 fully saturated rings. The van der Waals surface area contributed by atoms with E-state index in [1.165, 1.54) is 0 Å². The van der Waals surface area contributed by atoms with Gasteiger partial charge in [0.25, 0.3) is 0 Å². The van der Waals surface area contributed by atoms with Crippen molar-refractivity contribution in [3.8, 4) is 5.75 Å². The number of methoxy groups -OCH3 is 1. The Bertz CT molecular complexity index is 353. The highest BCUT2D eigenvalue weighted by molar-refractivity contribution is 5.80. The SMILES string of the molecule is CCN(C)C(=O)CNc1cccc(OC)c1. The molecule has 1 N–H and O–H groups in total. The van der Waals surface area contributed by atoms with Gasteiger partial charge in [0, 0.05) is 25.3 Å². The molecule has 0 aliphatic carbocycles. The second-order valence-electron chi connectivity index (χ2n) is 3.49. The third-order valence-corrected chi connectivity index (χ3v) is 2.41. The largest absolute Gasteiger partial charge is 0.497 e. The van der Waals surface area contributed by atoms with Gasteiger partial charge in [-0.2, -0.15) is 0 Å². The molecular weight excluding hydrogens is 204 g/mol. The fourth-order valence-electron chi connectivity index (χ4n) is 1.22. The van der Waals surface area contributed by atoms with Crippen molar-refractivity contribution in [2.24, 2.45) is 0 Å². The van der Waals surface area contributed by atoms with E-state index >= 15 is 0 Å². The Morgan fingerprint density at radius 3 is 2.88 bits per heavy atom. The van der Waals surface area contributed by atoms with Crippen molar-refractivity contribution >= 4 is 11.6 Å². The molecule has 0 aromatic heterocycles. The molecule has 0 aliphatic rings. The summed E-state index contributed by atoms with van der Waals surface area (Å²) in [5.74, 6) is 0.853. The summed E-state index contributed by atoms with van der Waals surface area (Å²) in [6, 6.07) is 7.52. The number of benzene rings is 1. The molecule has 0 bridgehead atoms. The average molecular weight is 222 g/mol. The normalized spacial score (nSPS) is 9.69. The topological polar surface area (TPSA) is 41.6 Å². The van der Waals surface area contributed by atoms with Gasteiger partial charge in [-0.25, -0.2) is 0 Å². The van der Waals surface area contributed by atoms with E-state index in [2.05, 4.69) is 5.32 Å². The minimum absolute atomic E-state index is 0.0744. The first-order chi connectivity index (χ1) is 7.67. The fraction of sp³-hybridized carbons (Fsp3) is 0.417. The lowest BCUT2D eigenvalue weighted by atomic mass is 10.3. The van der Waals surface area contributed by atoms with Crippen molar-refractivity contribution < 1.29 is 9.53 Å². The van der Waals surface area contributed by atoms with Gasteiger partial charge < -0.3 is 15.0 Å². The van der Waals surface area contributed by atoms with Crippen molar-refractivity contribution in [2.45, 2.75) is 6.92 Å². The van der Waals surface area contributed by atoms with Gasteiger partial charge in [-0.15, -0.1) is 0 Å². The molecule has 0 radical (unpaired) electrons. The first kappa shape index (κ1) is 12.4. The molecule has 4 heteroatoms. The average Bonchev–Trinajstić information content (AvgIpc) is 2.35. The number of amides is 1. The summed E-state index contributed by atoms with van der Waals surface area (Å²) in [5, 5.41) is 3.06. The maximum atomic E-state index is 11.5. The molecule has 1 rings (SSSR count). The highest BCUT2D eigenvalue weighted by Gasteiger charge is 2.05. The van der Waals surface area contributed by atoms with Crippen molar-refractivity contribution in [3.05, 3.63) is 24.3 Å². The first-order valence-electron chi connectivity index (χ1n) is 5.29. The number of anilines is 1. The zero-order chi connectivity index (χ0) is 12.0. The minimum Gasteiger partial charge on any atom is -0.497 e. The van der Waals surface area contributed by atoms with E-state index in [1.54, 1.807) is 19.1 Å². The minimum atomic E-state index is 0.0744. The van der Waals surface area contributed by atoms with Gasteiger partial charge in [0.15, 0.2) is 0 Å². The third-order valence-electron chi connectivity index (χ3n) is 2.41. The van der Waals surface area contributed by atoms with Crippen molar-refractivity contribution in [2.75, 3.05) is 32.6 Å². The van der Waals surface area contributed by atoms with Crippen LogP contribution < -0.4 is 10.1 Å². The van der Waals surface area contributed by atoms with Crippen LogP contribution in [0.15, 0.2) is 24.3 Å². The molecule has 0 aliphatic heterocycles. The Morgan fingerprint density at radius 2 is 2.25 bits per heavy atom. The second kappa shape index (κ2) is 6.00. The van der Waals surface area contributed by atoms with Crippen molar-refractivity contribution in [3.63, 3.8) is 0 Å². The lowest BCUT2D eigenvalue weighted by Gasteiger charge is -2.15. The summed E-state index contributed by atoms with van der Waals surface area (Å²) < 4.78 is 5.09. The molecule has 16 heavy (non-hydrogen) atoms. The summed E-state index contributed by atoms with van der Waals surface area (Å²) in [5.41, 5.74) is 0.886. The van der Waals surface area contributed by atoms with Crippen LogP contribution in [0.25, 0.3) is 0 Å². The molecule has 0 unspecified atom stereocenters. The number of hydrogen-bond acceptors (Lipinski definition) is 3. The smallest absolute Gasteiger partial charge is 0.241 e. The highest BCUT2D eigenvalue weighted by Crippen LogP contribution is 2.16. The van der Waals surface area contributed by atoms with Crippen LogP contribution in [0.3, 0.4) is 0 Å². The standard InChI is InChI=1S/C12H18N2O2/c1-4-14(2)12(15)9-13-10-6-5-7-11(8-10)16-3/h5-8,13H,4,9H2,1-3H3. The monoisotopic (exact) mass is 222 g/mol. The molecule has 0 atom stereocenters. The van der Waals surface area contributed by atoms with Gasteiger partial charge in [0.05, 0.1) is 13.7 Å².